The first-order chi connectivity index (χ1) is 14.6. The van der Waals surface area contributed by atoms with E-state index in [1.54, 1.807) is 24.3 Å². The van der Waals surface area contributed by atoms with E-state index in [-0.39, 0.29) is 12.5 Å². The highest BCUT2D eigenvalue weighted by Gasteiger charge is 2.31. The third-order valence-corrected chi connectivity index (χ3v) is 6.48. The monoisotopic (exact) mass is 509 g/mol. The van der Waals surface area contributed by atoms with Gasteiger partial charge in [-0.05, 0) is 37.1 Å². The number of carbonyl (C=O) groups is 2. The lowest BCUT2D eigenvalue weighted by atomic mass is 10.1. The van der Waals surface area contributed by atoms with E-state index in [0.717, 1.165) is 21.7 Å². The van der Waals surface area contributed by atoms with Crippen LogP contribution >= 0.6 is 15.9 Å². The maximum absolute atomic E-state index is 13.4. The highest BCUT2D eigenvalue weighted by Crippen LogP contribution is 2.23. The third-order valence-electron chi connectivity index (χ3n) is 4.84. The van der Waals surface area contributed by atoms with E-state index < -0.39 is 28.5 Å². The second-order valence-electron chi connectivity index (χ2n) is 7.30. The minimum absolute atomic E-state index is 0.197. The minimum Gasteiger partial charge on any atom is -0.357 e. The van der Waals surface area contributed by atoms with Crippen LogP contribution in [-0.4, -0.2) is 51.0 Å². The number of carbonyl (C=O) groups excluding carboxylic acids is 2. The Morgan fingerprint density at radius 1 is 1.13 bits per heavy atom. The van der Waals surface area contributed by atoms with Gasteiger partial charge < -0.3 is 10.2 Å². The van der Waals surface area contributed by atoms with Crippen LogP contribution < -0.4 is 9.62 Å². The quantitative estimate of drug-likeness (QED) is 0.562. The second-order valence-corrected chi connectivity index (χ2v) is 10.1. The summed E-state index contributed by atoms with van der Waals surface area (Å²) >= 11 is 3.34. The molecule has 0 heterocycles. The first kappa shape index (κ1) is 24.9. The molecule has 2 amide bonds. The fourth-order valence-corrected chi connectivity index (χ4v) is 4.57. The summed E-state index contributed by atoms with van der Waals surface area (Å²) in [6.45, 7) is 3.56. The summed E-state index contributed by atoms with van der Waals surface area (Å²) in [4.78, 5) is 27.3. The average Bonchev–Trinajstić information content (AvgIpc) is 2.70. The predicted octanol–water partition coefficient (Wildman–Crippen LogP) is 3.08. The van der Waals surface area contributed by atoms with Gasteiger partial charge in [0.25, 0.3) is 0 Å². The van der Waals surface area contributed by atoms with Crippen LogP contribution in [0.1, 0.15) is 24.5 Å². The summed E-state index contributed by atoms with van der Waals surface area (Å²) in [5, 5.41) is 2.60. The molecule has 0 saturated heterocycles. The molecule has 0 unspecified atom stereocenters. The first-order valence-corrected chi connectivity index (χ1v) is 12.5. The van der Waals surface area contributed by atoms with Crippen molar-refractivity contribution in [3.8, 4) is 0 Å². The van der Waals surface area contributed by atoms with Crippen LogP contribution in [0.15, 0.2) is 53.0 Å². The molecule has 31 heavy (non-hydrogen) atoms. The number of amides is 2. The van der Waals surface area contributed by atoms with Crippen molar-refractivity contribution >= 4 is 43.5 Å². The maximum Gasteiger partial charge on any atom is 0.244 e. The van der Waals surface area contributed by atoms with Gasteiger partial charge in [0.15, 0.2) is 0 Å². The van der Waals surface area contributed by atoms with Crippen LogP contribution in [0.3, 0.4) is 0 Å². The van der Waals surface area contributed by atoms with Crippen LogP contribution in [0.2, 0.25) is 0 Å². The molecule has 0 saturated carbocycles. The molecule has 1 N–H and O–H groups in total. The number of anilines is 1. The number of rotatable bonds is 9. The Hall–Kier alpha value is -2.39. The number of hydrogen-bond acceptors (Lipinski definition) is 4. The number of aryl methyl sites for hydroxylation is 1. The molecule has 1 atom stereocenters. The number of nitrogens with zero attached hydrogens (tertiary/aromatic N) is 2. The number of nitrogens with one attached hydrogen (secondary N) is 1. The minimum atomic E-state index is -3.74. The Morgan fingerprint density at radius 3 is 2.35 bits per heavy atom. The number of likely N-dealkylation sites (N-methyl/N-ethyl adjacent to an activating group) is 1. The van der Waals surface area contributed by atoms with Gasteiger partial charge in [-0.25, -0.2) is 8.42 Å². The lowest BCUT2D eigenvalue weighted by molar-refractivity contribution is -0.140. The molecule has 0 fully saturated rings. The molecule has 2 aromatic carbocycles. The fourth-order valence-electron chi connectivity index (χ4n) is 3.34. The van der Waals surface area contributed by atoms with Gasteiger partial charge in [-0.1, -0.05) is 58.7 Å². The molecule has 0 aliphatic heterocycles. The van der Waals surface area contributed by atoms with Crippen molar-refractivity contribution < 1.29 is 18.0 Å². The Balaban J connectivity index is 2.43. The standard InChI is InChI=1S/C22H28BrN3O4S/c1-5-20(22(28)24-3)25(14-17-9-6-8-16(2)12-17)21(27)15-26(31(4,29)30)19-11-7-10-18(23)13-19/h6-13,20H,5,14-15H2,1-4H3,(H,24,28)/t20-/m0/s1. The maximum atomic E-state index is 13.4. The summed E-state index contributed by atoms with van der Waals surface area (Å²) < 4.78 is 26.7. The van der Waals surface area contributed by atoms with Gasteiger partial charge in [0.05, 0.1) is 11.9 Å². The van der Waals surface area contributed by atoms with E-state index in [1.165, 1.54) is 11.9 Å². The van der Waals surface area contributed by atoms with Crippen molar-refractivity contribution in [3.05, 3.63) is 64.1 Å². The summed E-state index contributed by atoms with van der Waals surface area (Å²) in [6, 6.07) is 13.7. The molecule has 7 nitrogen and oxygen atoms in total. The Labute approximate surface area is 192 Å². The summed E-state index contributed by atoms with van der Waals surface area (Å²) in [7, 11) is -2.22. The predicted molar refractivity (Wildman–Crippen MR) is 126 cm³/mol. The Kier molecular flexibility index (Phi) is 8.64. The van der Waals surface area contributed by atoms with Gasteiger partial charge in [-0.15, -0.1) is 0 Å². The summed E-state index contributed by atoms with van der Waals surface area (Å²) in [5.74, 6) is -0.751. The highest BCUT2D eigenvalue weighted by atomic mass is 79.9. The van der Waals surface area contributed by atoms with Gasteiger partial charge in [0, 0.05) is 18.1 Å². The van der Waals surface area contributed by atoms with Crippen molar-refractivity contribution in [2.24, 2.45) is 0 Å². The Bertz CT molecular complexity index is 1040. The second kappa shape index (κ2) is 10.8. The van der Waals surface area contributed by atoms with Crippen molar-refractivity contribution in [1.82, 2.24) is 10.2 Å². The zero-order valence-corrected chi connectivity index (χ0v) is 20.5. The van der Waals surface area contributed by atoms with Crippen molar-refractivity contribution in [2.75, 3.05) is 24.2 Å². The lowest BCUT2D eigenvalue weighted by Crippen LogP contribution is -2.51. The third kappa shape index (κ3) is 6.80. The van der Waals surface area contributed by atoms with E-state index in [1.807, 2.05) is 38.1 Å². The molecule has 0 bridgehead atoms. The van der Waals surface area contributed by atoms with Crippen LogP contribution in [0.25, 0.3) is 0 Å². The molecule has 0 aliphatic carbocycles. The molecule has 0 spiro atoms. The van der Waals surface area contributed by atoms with Crippen LogP contribution in [0.5, 0.6) is 0 Å². The van der Waals surface area contributed by atoms with Gasteiger partial charge in [0.1, 0.15) is 12.6 Å². The Morgan fingerprint density at radius 2 is 1.81 bits per heavy atom. The van der Waals surface area contributed by atoms with Crippen molar-refractivity contribution in [1.29, 1.82) is 0 Å². The smallest absolute Gasteiger partial charge is 0.244 e. The zero-order valence-electron chi connectivity index (χ0n) is 18.1. The summed E-state index contributed by atoms with van der Waals surface area (Å²) in [5.41, 5.74) is 2.27. The van der Waals surface area contributed by atoms with E-state index in [0.29, 0.717) is 16.6 Å². The zero-order chi connectivity index (χ0) is 23.2. The average molecular weight is 510 g/mol. The van der Waals surface area contributed by atoms with Crippen LogP contribution in [-0.2, 0) is 26.2 Å². The van der Waals surface area contributed by atoms with Gasteiger partial charge in [0.2, 0.25) is 21.8 Å². The number of sulfonamides is 1. The molecule has 0 radical (unpaired) electrons. The first-order valence-electron chi connectivity index (χ1n) is 9.86. The fraction of sp³-hybridized carbons (Fsp3) is 0.364. The molecular formula is C22H28BrN3O4S. The van der Waals surface area contributed by atoms with E-state index in [2.05, 4.69) is 21.2 Å². The van der Waals surface area contributed by atoms with Gasteiger partial charge in [-0.2, -0.15) is 0 Å². The normalized spacial score (nSPS) is 12.2. The molecule has 9 heteroatoms. The van der Waals surface area contributed by atoms with Gasteiger partial charge >= 0.3 is 0 Å². The van der Waals surface area contributed by atoms with Gasteiger partial charge in [-0.3, -0.25) is 13.9 Å². The molecular weight excluding hydrogens is 482 g/mol. The number of benzene rings is 2. The SMILES string of the molecule is CC[C@@H](C(=O)NC)N(Cc1cccc(C)c1)C(=O)CN(c1cccc(Br)c1)S(C)(=O)=O. The summed E-state index contributed by atoms with van der Waals surface area (Å²) in [6.07, 6.45) is 1.45. The molecule has 2 aromatic rings. The molecule has 2 rings (SSSR count). The van der Waals surface area contributed by atoms with E-state index in [4.69, 9.17) is 0 Å². The highest BCUT2D eigenvalue weighted by molar-refractivity contribution is 9.10. The molecule has 0 aliphatic rings. The topological polar surface area (TPSA) is 86.8 Å². The van der Waals surface area contributed by atoms with E-state index in [9.17, 15) is 18.0 Å². The van der Waals surface area contributed by atoms with Crippen LogP contribution in [0, 0.1) is 6.92 Å². The number of halogens is 1. The number of hydrogen-bond donors (Lipinski definition) is 1. The molecule has 168 valence electrons. The van der Waals surface area contributed by atoms with E-state index >= 15 is 0 Å². The largest absolute Gasteiger partial charge is 0.357 e. The molecule has 0 aromatic heterocycles. The van der Waals surface area contributed by atoms with Crippen molar-refractivity contribution in [3.63, 3.8) is 0 Å². The van der Waals surface area contributed by atoms with Crippen LogP contribution in [0.4, 0.5) is 5.69 Å². The lowest BCUT2D eigenvalue weighted by Gasteiger charge is -2.32. The van der Waals surface area contributed by atoms with Crippen molar-refractivity contribution in [2.45, 2.75) is 32.9 Å².